The Bertz CT molecular complexity index is 789. The number of hydrogen-bond acceptors (Lipinski definition) is 3. The van der Waals surface area contributed by atoms with Crippen LogP contribution in [0.5, 0.6) is 5.75 Å². The van der Waals surface area contributed by atoms with Gasteiger partial charge in [-0.15, -0.1) is 0 Å². The monoisotopic (exact) mass is 456 g/mol. The van der Waals surface area contributed by atoms with Gasteiger partial charge in [0, 0.05) is 29.7 Å². The number of rotatable bonds is 5. The van der Waals surface area contributed by atoms with Crippen LogP contribution in [-0.4, -0.2) is 37.7 Å². The molecule has 1 aliphatic heterocycles. The van der Waals surface area contributed by atoms with Crippen LogP contribution in [0.25, 0.3) is 0 Å². The Kier molecular flexibility index (Phi) is 7.01. The molecule has 0 saturated carbocycles. The lowest BCUT2D eigenvalue weighted by molar-refractivity contribution is -0.138. The van der Waals surface area contributed by atoms with Gasteiger partial charge < -0.3 is 10.1 Å². The van der Waals surface area contributed by atoms with Crippen molar-refractivity contribution in [3.05, 3.63) is 63.6 Å². The second-order valence-electron chi connectivity index (χ2n) is 6.74. The molecule has 1 unspecified atom stereocenters. The van der Waals surface area contributed by atoms with Crippen LogP contribution in [0, 0.1) is 0 Å². The molecule has 3 nitrogen and oxygen atoms in total. The van der Waals surface area contributed by atoms with Gasteiger partial charge in [-0.25, -0.2) is 0 Å². The molecule has 1 heterocycles. The average Bonchev–Trinajstić information content (AvgIpc) is 2.93. The summed E-state index contributed by atoms with van der Waals surface area (Å²) in [4.78, 5) is 2.12. The number of nitrogens with zero attached hydrogens (tertiary/aromatic N) is 1. The fourth-order valence-corrected chi connectivity index (χ4v) is 4.08. The van der Waals surface area contributed by atoms with Crippen molar-refractivity contribution >= 4 is 15.9 Å². The maximum absolute atomic E-state index is 13.8. The van der Waals surface area contributed by atoms with Gasteiger partial charge in [-0.2, -0.15) is 13.2 Å². The van der Waals surface area contributed by atoms with Crippen molar-refractivity contribution < 1.29 is 17.9 Å². The Morgan fingerprint density at radius 2 is 1.89 bits per heavy atom. The van der Waals surface area contributed by atoms with E-state index in [0.717, 1.165) is 35.6 Å². The number of nitrogens with one attached hydrogen (secondary N) is 1. The first-order valence-electron chi connectivity index (χ1n) is 9.45. The number of hydrogen-bond donors (Lipinski definition) is 1. The quantitative estimate of drug-likeness (QED) is 0.664. The molecule has 2 aromatic rings. The predicted molar refractivity (Wildman–Crippen MR) is 108 cm³/mol. The zero-order chi connectivity index (χ0) is 20.1. The van der Waals surface area contributed by atoms with Crippen LogP contribution in [0.4, 0.5) is 13.2 Å². The van der Waals surface area contributed by atoms with Crippen molar-refractivity contribution in [2.75, 3.05) is 32.8 Å². The van der Waals surface area contributed by atoms with Gasteiger partial charge in [0.15, 0.2) is 0 Å². The molecule has 7 heteroatoms. The largest absolute Gasteiger partial charge is 0.494 e. The van der Waals surface area contributed by atoms with E-state index in [0.29, 0.717) is 25.4 Å². The van der Waals surface area contributed by atoms with Crippen LogP contribution in [0.2, 0.25) is 0 Å². The van der Waals surface area contributed by atoms with Crippen molar-refractivity contribution in [2.24, 2.45) is 0 Å². The summed E-state index contributed by atoms with van der Waals surface area (Å²) in [5.41, 5.74) is 0.408. The Morgan fingerprint density at radius 3 is 2.64 bits per heavy atom. The fraction of sp³-hybridized carbons (Fsp3) is 0.429. The minimum absolute atomic E-state index is 0.260. The van der Waals surface area contributed by atoms with E-state index in [9.17, 15) is 13.2 Å². The number of benzene rings is 2. The molecule has 28 heavy (non-hydrogen) atoms. The van der Waals surface area contributed by atoms with Crippen LogP contribution in [0.3, 0.4) is 0 Å². The van der Waals surface area contributed by atoms with Crippen molar-refractivity contribution in [3.63, 3.8) is 0 Å². The van der Waals surface area contributed by atoms with Gasteiger partial charge >= 0.3 is 6.18 Å². The molecule has 152 valence electrons. The molecular formula is C21H24BrF3N2O. The summed E-state index contributed by atoms with van der Waals surface area (Å²) < 4.78 is 48.1. The van der Waals surface area contributed by atoms with Crippen LogP contribution in [0.1, 0.15) is 36.1 Å². The summed E-state index contributed by atoms with van der Waals surface area (Å²) in [6.07, 6.45) is -3.54. The zero-order valence-corrected chi connectivity index (χ0v) is 17.3. The van der Waals surface area contributed by atoms with E-state index in [1.54, 1.807) is 12.1 Å². The standard InChI is InChI=1S/C21H24BrF3N2O/c1-2-28-19-9-8-15(22)14-17(19)20(27-12-5-10-26-11-13-27)16-6-3-4-7-18(16)21(23,24)25/h3-4,6-9,14,20,26H,2,5,10-13H2,1H3. The van der Waals surface area contributed by atoms with E-state index in [-0.39, 0.29) is 5.56 Å². The minimum atomic E-state index is -4.42. The third kappa shape index (κ3) is 4.88. The van der Waals surface area contributed by atoms with Crippen molar-refractivity contribution in [1.29, 1.82) is 0 Å². The highest BCUT2D eigenvalue weighted by Crippen LogP contribution is 2.42. The summed E-state index contributed by atoms with van der Waals surface area (Å²) in [5, 5.41) is 3.33. The SMILES string of the molecule is CCOc1ccc(Br)cc1C(c1ccccc1C(F)(F)F)N1CCCNCC1. The molecule has 1 atom stereocenters. The maximum Gasteiger partial charge on any atom is 0.416 e. The van der Waals surface area contributed by atoms with Crippen LogP contribution < -0.4 is 10.1 Å². The lowest BCUT2D eigenvalue weighted by Crippen LogP contribution is -2.34. The van der Waals surface area contributed by atoms with Gasteiger partial charge in [0.25, 0.3) is 0 Å². The molecule has 1 aliphatic rings. The summed E-state index contributed by atoms with van der Waals surface area (Å²) in [5.74, 6) is 0.616. The summed E-state index contributed by atoms with van der Waals surface area (Å²) in [6.45, 7) is 5.30. The first-order chi connectivity index (χ1) is 13.4. The third-order valence-electron chi connectivity index (χ3n) is 4.87. The first kappa shape index (κ1) is 21.1. The van der Waals surface area contributed by atoms with Gasteiger partial charge in [0.05, 0.1) is 18.2 Å². The van der Waals surface area contributed by atoms with Crippen molar-refractivity contribution in [2.45, 2.75) is 25.6 Å². The molecule has 0 amide bonds. The minimum Gasteiger partial charge on any atom is -0.494 e. The highest BCUT2D eigenvalue weighted by molar-refractivity contribution is 9.10. The molecule has 0 aliphatic carbocycles. The molecule has 0 bridgehead atoms. The second-order valence-corrected chi connectivity index (χ2v) is 7.66. The second kappa shape index (κ2) is 9.29. The van der Waals surface area contributed by atoms with Crippen LogP contribution in [0.15, 0.2) is 46.9 Å². The molecule has 1 saturated heterocycles. The Labute approximate surface area is 172 Å². The van der Waals surface area contributed by atoms with Crippen molar-refractivity contribution in [1.82, 2.24) is 10.2 Å². The van der Waals surface area contributed by atoms with E-state index >= 15 is 0 Å². The summed E-state index contributed by atoms with van der Waals surface area (Å²) in [7, 11) is 0. The molecule has 0 aromatic heterocycles. The van der Waals surface area contributed by atoms with Crippen molar-refractivity contribution in [3.8, 4) is 5.75 Å². The maximum atomic E-state index is 13.8. The Balaban J connectivity index is 2.19. The van der Waals surface area contributed by atoms with Gasteiger partial charge in [0.2, 0.25) is 0 Å². The molecule has 2 aromatic carbocycles. The topological polar surface area (TPSA) is 24.5 Å². The van der Waals surface area contributed by atoms with Crippen LogP contribution in [-0.2, 0) is 6.18 Å². The zero-order valence-electron chi connectivity index (χ0n) is 15.7. The van der Waals surface area contributed by atoms with E-state index < -0.39 is 17.8 Å². The van der Waals surface area contributed by atoms with E-state index in [2.05, 4.69) is 26.1 Å². The van der Waals surface area contributed by atoms with Crippen LogP contribution >= 0.6 is 15.9 Å². The number of ether oxygens (including phenoxy) is 1. The third-order valence-corrected chi connectivity index (χ3v) is 5.36. The summed E-state index contributed by atoms with van der Waals surface area (Å²) in [6, 6.07) is 10.9. The smallest absolute Gasteiger partial charge is 0.416 e. The molecule has 0 spiro atoms. The normalized spacial score (nSPS) is 17.2. The van der Waals surface area contributed by atoms with E-state index in [1.165, 1.54) is 6.07 Å². The van der Waals surface area contributed by atoms with Gasteiger partial charge in [-0.3, -0.25) is 4.90 Å². The number of alkyl halides is 3. The average molecular weight is 457 g/mol. The fourth-order valence-electron chi connectivity index (χ4n) is 3.70. The number of halogens is 4. The lowest BCUT2D eigenvalue weighted by Gasteiger charge is -2.34. The summed E-state index contributed by atoms with van der Waals surface area (Å²) >= 11 is 3.48. The molecule has 0 radical (unpaired) electrons. The molecular weight excluding hydrogens is 433 g/mol. The predicted octanol–water partition coefficient (Wildman–Crippen LogP) is 5.25. The molecule has 1 fully saturated rings. The highest BCUT2D eigenvalue weighted by atomic mass is 79.9. The van der Waals surface area contributed by atoms with Gasteiger partial charge in [-0.05, 0) is 49.7 Å². The Morgan fingerprint density at radius 1 is 1.11 bits per heavy atom. The van der Waals surface area contributed by atoms with Gasteiger partial charge in [-0.1, -0.05) is 34.1 Å². The lowest BCUT2D eigenvalue weighted by atomic mass is 9.91. The molecule has 3 rings (SSSR count). The Hall–Kier alpha value is -1.57. The van der Waals surface area contributed by atoms with Gasteiger partial charge in [0.1, 0.15) is 5.75 Å². The highest BCUT2D eigenvalue weighted by Gasteiger charge is 2.37. The molecule has 1 N–H and O–H groups in total. The van der Waals surface area contributed by atoms with E-state index in [1.807, 2.05) is 25.1 Å². The van der Waals surface area contributed by atoms with E-state index in [4.69, 9.17) is 4.74 Å². The first-order valence-corrected chi connectivity index (χ1v) is 10.2.